The van der Waals surface area contributed by atoms with E-state index < -0.39 is 6.04 Å². The van der Waals surface area contributed by atoms with E-state index in [4.69, 9.17) is 0 Å². The van der Waals surface area contributed by atoms with Gasteiger partial charge in [-0.05, 0) is 24.8 Å². The monoisotopic (exact) mass is 301 g/mol. The van der Waals surface area contributed by atoms with Crippen LogP contribution in [0.3, 0.4) is 0 Å². The molecule has 2 N–H and O–H groups in total. The standard InChI is InChI=1S/C16H19N3O3/c20-14(17-12-6-7-12)9-8-13-15(21)19(16(22)18-13)10-11-4-2-1-3-5-11/h1-5,12-13H,6-10H2,(H,17,20)(H,18,22)/t13-/m0/s1. The molecular formula is C16H19N3O3. The van der Waals surface area contributed by atoms with Crippen LogP contribution in [0, 0.1) is 0 Å². The van der Waals surface area contributed by atoms with Crippen LogP contribution in [0.15, 0.2) is 30.3 Å². The number of nitrogens with one attached hydrogen (secondary N) is 2. The molecule has 6 nitrogen and oxygen atoms in total. The number of nitrogens with zero attached hydrogens (tertiary/aromatic N) is 1. The summed E-state index contributed by atoms with van der Waals surface area (Å²) in [7, 11) is 0. The second-order valence-corrected chi connectivity index (χ2v) is 5.79. The number of benzene rings is 1. The highest BCUT2D eigenvalue weighted by Crippen LogP contribution is 2.19. The Kier molecular flexibility index (Phi) is 4.09. The molecule has 1 aliphatic heterocycles. The van der Waals surface area contributed by atoms with Crippen LogP contribution in [-0.4, -0.2) is 34.8 Å². The number of carbonyl (C=O) groups excluding carboxylic acids is 3. The molecule has 3 rings (SSSR count). The van der Waals surface area contributed by atoms with E-state index in [1.54, 1.807) is 0 Å². The highest BCUT2D eigenvalue weighted by Gasteiger charge is 2.37. The molecule has 1 saturated heterocycles. The molecule has 1 atom stereocenters. The first-order valence-corrected chi connectivity index (χ1v) is 7.58. The first-order valence-electron chi connectivity index (χ1n) is 7.58. The van der Waals surface area contributed by atoms with Crippen molar-refractivity contribution in [3.05, 3.63) is 35.9 Å². The van der Waals surface area contributed by atoms with Gasteiger partial charge in [-0.25, -0.2) is 4.79 Å². The maximum atomic E-state index is 12.3. The van der Waals surface area contributed by atoms with Crippen LogP contribution >= 0.6 is 0 Å². The maximum absolute atomic E-state index is 12.3. The van der Waals surface area contributed by atoms with Gasteiger partial charge >= 0.3 is 6.03 Å². The summed E-state index contributed by atoms with van der Waals surface area (Å²) < 4.78 is 0. The van der Waals surface area contributed by atoms with E-state index in [-0.39, 0.29) is 30.8 Å². The lowest BCUT2D eigenvalue weighted by Crippen LogP contribution is -2.33. The summed E-state index contributed by atoms with van der Waals surface area (Å²) in [6.07, 6.45) is 2.67. The van der Waals surface area contributed by atoms with Crippen molar-refractivity contribution in [1.29, 1.82) is 0 Å². The van der Waals surface area contributed by atoms with Crippen LogP contribution in [0.5, 0.6) is 0 Å². The van der Waals surface area contributed by atoms with E-state index in [9.17, 15) is 14.4 Å². The summed E-state index contributed by atoms with van der Waals surface area (Å²) in [5.74, 6) is -0.306. The lowest BCUT2D eigenvalue weighted by molar-refractivity contribution is -0.128. The molecule has 0 aromatic heterocycles. The fourth-order valence-corrected chi connectivity index (χ4v) is 2.49. The topological polar surface area (TPSA) is 78.5 Å². The van der Waals surface area contributed by atoms with Crippen LogP contribution in [0.2, 0.25) is 0 Å². The summed E-state index contributed by atoms with van der Waals surface area (Å²) >= 11 is 0. The fraction of sp³-hybridized carbons (Fsp3) is 0.438. The number of imide groups is 1. The van der Waals surface area contributed by atoms with Gasteiger partial charge in [0.05, 0.1) is 6.54 Å². The minimum absolute atomic E-state index is 0.0499. The van der Waals surface area contributed by atoms with E-state index in [1.807, 2.05) is 30.3 Å². The highest BCUT2D eigenvalue weighted by atomic mass is 16.2. The van der Waals surface area contributed by atoms with E-state index >= 15 is 0 Å². The number of hydrogen-bond acceptors (Lipinski definition) is 3. The van der Waals surface area contributed by atoms with E-state index in [1.165, 1.54) is 4.90 Å². The Morgan fingerprint density at radius 3 is 2.64 bits per heavy atom. The Bertz CT molecular complexity index is 584. The molecular weight excluding hydrogens is 282 g/mol. The molecule has 1 aromatic carbocycles. The summed E-state index contributed by atoms with van der Waals surface area (Å²) in [4.78, 5) is 37.1. The fourth-order valence-electron chi connectivity index (χ4n) is 2.49. The largest absolute Gasteiger partial charge is 0.353 e. The van der Waals surface area contributed by atoms with Crippen LogP contribution in [0.4, 0.5) is 4.79 Å². The minimum Gasteiger partial charge on any atom is -0.353 e. The first-order chi connectivity index (χ1) is 10.6. The van der Waals surface area contributed by atoms with Crippen molar-refractivity contribution in [1.82, 2.24) is 15.5 Å². The number of carbonyl (C=O) groups is 3. The number of hydrogen-bond donors (Lipinski definition) is 2. The molecule has 116 valence electrons. The van der Waals surface area contributed by atoms with Crippen molar-refractivity contribution < 1.29 is 14.4 Å². The number of amides is 4. The van der Waals surface area contributed by atoms with Crippen molar-refractivity contribution >= 4 is 17.8 Å². The zero-order valence-corrected chi connectivity index (χ0v) is 12.2. The molecule has 1 saturated carbocycles. The molecule has 4 amide bonds. The summed E-state index contributed by atoms with van der Waals surface area (Å²) in [5, 5.41) is 5.53. The Labute approximate surface area is 128 Å². The molecule has 1 heterocycles. The lowest BCUT2D eigenvalue weighted by Gasteiger charge is -2.13. The molecule has 22 heavy (non-hydrogen) atoms. The lowest BCUT2D eigenvalue weighted by atomic mass is 10.1. The SMILES string of the molecule is O=C(CC[C@@H]1NC(=O)N(Cc2ccccc2)C1=O)NC1CC1. The molecule has 6 heteroatoms. The Morgan fingerprint density at radius 1 is 1.23 bits per heavy atom. The van der Waals surface area contributed by atoms with Gasteiger partial charge in [0.1, 0.15) is 6.04 Å². The van der Waals surface area contributed by atoms with Crippen LogP contribution in [0.1, 0.15) is 31.2 Å². The highest BCUT2D eigenvalue weighted by molar-refractivity contribution is 6.04. The summed E-state index contributed by atoms with van der Waals surface area (Å²) in [6, 6.07) is 8.70. The molecule has 0 radical (unpaired) electrons. The third kappa shape index (κ3) is 3.44. The van der Waals surface area contributed by atoms with Crippen molar-refractivity contribution in [2.45, 2.75) is 44.3 Å². The van der Waals surface area contributed by atoms with E-state index in [2.05, 4.69) is 10.6 Å². The van der Waals surface area contributed by atoms with Gasteiger partial charge in [-0.2, -0.15) is 0 Å². The van der Waals surface area contributed by atoms with Gasteiger partial charge in [0, 0.05) is 12.5 Å². The van der Waals surface area contributed by atoms with E-state index in [0.29, 0.717) is 12.5 Å². The molecule has 0 spiro atoms. The molecule has 0 unspecified atom stereocenters. The zero-order valence-electron chi connectivity index (χ0n) is 12.2. The maximum Gasteiger partial charge on any atom is 0.325 e. The van der Waals surface area contributed by atoms with Crippen LogP contribution in [0.25, 0.3) is 0 Å². The van der Waals surface area contributed by atoms with Gasteiger partial charge in [0.15, 0.2) is 0 Å². The molecule has 1 aromatic rings. The van der Waals surface area contributed by atoms with Gasteiger partial charge in [-0.1, -0.05) is 30.3 Å². The average molecular weight is 301 g/mol. The van der Waals surface area contributed by atoms with Gasteiger partial charge in [-0.15, -0.1) is 0 Å². The van der Waals surface area contributed by atoms with Gasteiger partial charge in [-0.3, -0.25) is 14.5 Å². The third-order valence-corrected chi connectivity index (χ3v) is 3.89. The second-order valence-electron chi connectivity index (χ2n) is 5.79. The van der Waals surface area contributed by atoms with Gasteiger partial charge < -0.3 is 10.6 Å². The smallest absolute Gasteiger partial charge is 0.325 e. The summed E-state index contributed by atoms with van der Waals surface area (Å²) in [5.41, 5.74) is 0.901. The van der Waals surface area contributed by atoms with Crippen LogP contribution < -0.4 is 10.6 Å². The quantitative estimate of drug-likeness (QED) is 0.774. The molecule has 2 aliphatic rings. The Morgan fingerprint density at radius 2 is 1.95 bits per heavy atom. The first kappa shape index (κ1) is 14.6. The van der Waals surface area contributed by atoms with E-state index in [0.717, 1.165) is 18.4 Å². The average Bonchev–Trinajstić information content (AvgIpc) is 3.28. The molecule has 1 aliphatic carbocycles. The van der Waals surface area contributed by atoms with Gasteiger partial charge in [0.2, 0.25) is 5.91 Å². The zero-order chi connectivity index (χ0) is 15.5. The van der Waals surface area contributed by atoms with Crippen molar-refractivity contribution in [3.8, 4) is 0 Å². The predicted molar refractivity (Wildman–Crippen MR) is 79.7 cm³/mol. The molecule has 0 bridgehead atoms. The van der Waals surface area contributed by atoms with Crippen molar-refractivity contribution in [3.63, 3.8) is 0 Å². The number of rotatable bonds is 6. The second kappa shape index (κ2) is 6.17. The Balaban J connectivity index is 1.53. The van der Waals surface area contributed by atoms with Gasteiger partial charge in [0.25, 0.3) is 5.91 Å². The third-order valence-electron chi connectivity index (χ3n) is 3.89. The number of urea groups is 1. The normalized spacial score (nSPS) is 20.9. The summed E-state index contributed by atoms with van der Waals surface area (Å²) in [6.45, 7) is 0.260. The van der Waals surface area contributed by atoms with Crippen molar-refractivity contribution in [2.75, 3.05) is 0 Å². The Hall–Kier alpha value is -2.37. The van der Waals surface area contributed by atoms with Crippen LogP contribution in [-0.2, 0) is 16.1 Å². The predicted octanol–water partition coefficient (Wildman–Crippen LogP) is 1.17. The van der Waals surface area contributed by atoms with Crippen molar-refractivity contribution in [2.24, 2.45) is 0 Å². The minimum atomic E-state index is -0.596. The molecule has 2 fully saturated rings.